The Morgan fingerprint density at radius 1 is 0.286 bits per heavy atom. The van der Waals surface area contributed by atoms with Crippen LogP contribution < -0.4 is 0 Å². The van der Waals surface area contributed by atoms with E-state index in [1.807, 2.05) is 24.3 Å². The lowest BCUT2D eigenvalue weighted by Crippen LogP contribution is -2.13. The SMILES string of the molecule is c1ccc2nc3c(cc2c1)N=C(c1ccc(-c2cccc4ccccc24)cc1)c1nc2ccccc2cc1N=C3c1ccc(-c2cccc3ccccc23)cc1. The number of aromatic nitrogens is 2. The number of para-hydroxylation sites is 2. The van der Waals surface area contributed by atoms with Crippen molar-refractivity contribution in [3.05, 3.63) is 217 Å². The molecule has 0 bridgehead atoms. The lowest BCUT2D eigenvalue weighted by Gasteiger charge is -2.18. The Balaban J connectivity index is 1.11. The summed E-state index contributed by atoms with van der Waals surface area (Å²) in [6.07, 6.45) is 0. The molecule has 1 aliphatic rings. The summed E-state index contributed by atoms with van der Waals surface area (Å²) in [5, 5.41) is 6.91. The number of benzene rings is 8. The van der Waals surface area contributed by atoms with Gasteiger partial charge in [-0.3, -0.25) is 0 Å². The summed E-state index contributed by atoms with van der Waals surface area (Å²) in [4.78, 5) is 21.6. The highest BCUT2D eigenvalue weighted by atomic mass is 14.9. The van der Waals surface area contributed by atoms with Crippen molar-refractivity contribution in [3.63, 3.8) is 0 Å². The maximum Gasteiger partial charge on any atom is 0.116 e. The van der Waals surface area contributed by atoms with E-state index < -0.39 is 0 Å². The van der Waals surface area contributed by atoms with E-state index in [0.717, 1.165) is 78.2 Å². The Bertz CT molecular complexity index is 3000. The van der Waals surface area contributed by atoms with Crippen LogP contribution in [0.15, 0.2) is 204 Å². The average Bonchev–Trinajstić information content (AvgIpc) is 3.26. The summed E-state index contributed by atoms with van der Waals surface area (Å²) in [7, 11) is 0. The molecule has 3 heterocycles. The van der Waals surface area contributed by atoms with Gasteiger partial charge < -0.3 is 0 Å². The normalized spacial score (nSPS) is 12.5. The summed E-state index contributed by atoms with van der Waals surface area (Å²) < 4.78 is 0. The van der Waals surface area contributed by atoms with Gasteiger partial charge in [0, 0.05) is 21.9 Å². The van der Waals surface area contributed by atoms with Gasteiger partial charge in [0.15, 0.2) is 0 Å². The number of nitrogens with zero attached hydrogens (tertiary/aromatic N) is 4. The van der Waals surface area contributed by atoms with Gasteiger partial charge in [-0.1, -0.05) is 170 Å². The van der Waals surface area contributed by atoms with Crippen LogP contribution >= 0.6 is 0 Å². The molecule has 0 atom stereocenters. The molecule has 0 fully saturated rings. The molecule has 0 radical (unpaired) electrons. The van der Waals surface area contributed by atoms with Crippen LogP contribution in [-0.2, 0) is 0 Å². The van der Waals surface area contributed by atoms with Gasteiger partial charge in [-0.2, -0.15) is 0 Å². The first-order valence-corrected chi connectivity index (χ1v) is 18.9. The van der Waals surface area contributed by atoms with Crippen molar-refractivity contribution >= 4 is 66.1 Å². The van der Waals surface area contributed by atoms with Gasteiger partial charge in [-0.15, -0.1) is 0 Å². The number of rotatable bonds is 4. The van der Waals surface area contributed by atoms with Crippen molar-refractivity contribution < 1.29 is 0 Å². The first kappa shape index (κ1) is 31.9. The molecular weight excluding hydrogens is 681 g/mol. The van der Waals surface area contributed by atoms with E-state index in [1.54, 1.807) is 0 Å². The van der Waals surface area contributed by atoms with E-state index in [2.05, 4.69) is 170 Å². The van der Waals surface area contributed by atoms with Crippen molar-refractivity contribution in [3.8, 4) is 22.3 Å². The molecule has 1 aliphatic heterocycles. The van der Waals surface area contributed by atoms with E-state index in [4.69, 9.17) is 20.0 Å². The van der Waals surface area contributed by atoms with Gasteiger partial charge in [0.25, 0.3) is 0 Å². The molecule has 0 saturated carbocycles. The van der Waals surface area contributed by atoms with Gasteiger partial charge >= 0.3 is 0 Å². The second-order valence-corrected chi connectivity index (χ2v) is 14.2. The van der Waals surface area contributed by atoms with Crippen LogP contribution in [0.3, 0.4) is 0 Å². The minimum atomic E-state index is 0.727. The zero-order valence-corrected chi connectivity index (χ0v) is 30.3. The summed E-state index contributed by atoms with van der Waals surface area (Å²) >= 11 is 0. The lowest BCUT2D eigenvalue weighted by atomic mass is 9.95. The molecule has 4 nitrogen and oxygen atoms in total. The van der Waals surface area contributed by atoms with E-state index in [1.165, 1.54) is 32.7 Å². The first-order chi connectivity index (χ1) is 27.7. The van der Waals surface area contributed by atoms with Gasteiger partial charge in [0.2, 0.25) is 0 Å². The molecule has 8 aromatic carbocycles. The van der Waals surface area contributed by atoms with Crippen molar-refractivity contribution in [1.82, 2.24) is 9.97 Å². The Kier molecular flexibility index (Phi) is 7.46. The molecule has 0 saturated heterocycles. The molecule has 0 amide bonds. The monoisotopic (exact) mass is 712 g/mol. The van der Waals surface area contributed by atoms with Crippen LogP contribution in [-0.4, -0.2) is 21.4 Å². The second-order valence-electron chi connectivity index (χ2n) is 14.2. The third kappa shape index (κ3) is 5.47. The highest BCUT2D eigenvalue weighted by Gasteiger charge is 2.24. The first-order valence-electron chi connectivity index (χ1n) is 18.9. The van der Waals surface area contributed by atoms with Gasteiger partial charge in [-0.05, 0) is 68.1 Å². The van der Waals surface area contributed by atoms with Crippen LogP contribution in [0.1, 0.15) is 22.5 Å². The largest absolute Gasteiger partial charge is 0.244 e. The minimum Gasteiger partial charge on any atom is -0.244 e. The highest BCUT2D eigenvalue weighted by Crippen LogP contribution is 2.37. The molecule has 0 spiro atoms. The van der Waals surface area contributed by atoms with Crippen LogP contribution in [0, 0.1) is 0 Å². The zero-order valence-electron chi connectivity index (χ0n) is 30.3. The van der Waals surface area contributed by atoms with Crippen LogP contribution in [0.4, 0.5) is 11.4 Å². The quantitative estimate of drug-likeness (QED) is 0.182. The third-order valence-corrected chi connectivity index (χ3v) is 10.8. The molecule has 10 aromatic rings. The highest BCUT2D eigenvalue weighted by molar-refractivity contribution is 6.22. The summed E-state index contributed by atoms with van der Waals surface area (Å²) in [6.45, 7) is 0. The molecule has 2 aromatic heterocycles. The van der Waals surface area contributed by atoms with Crippen molar-refractivity contribution in [1.29, 1.82) is 0 Å². The Labute approximate surface area is 323 Å². The van der Waals surface area contributed by atoms with Gasteiger partial charge in [0.1, 0.15) is 11.4 Å². The molecule has 11 rings (SSSR count). The second kappa shape index (κ2) is 13.1. The smallest absolute Gasteiger partial charge is 0.116 e. The molecule has 0 aliphatic carbocycles. The molecule has 56 heavy (non-hydrogen) atoms. The average molecular weight is 713 g/mol. The number of hydrogen-bond donors (Lipinski definition) is 0. The molecule has 4 heteroatoms. The fraction of sp³-hybridized carbons (Fsp3) is 0. The minimum absolute atomic E-state index is 0.727. The molecule has 0 N–H and O–H groups in total. The summed E-state index contributed by atoms with van der Waals surface area (Å²) in [5.74, 6) is 0. The van der Waals surface area contributed by atoms with Crippen molar-refractivity contribution in [2.24, 2.45) is 9.98 Å². The predicted octanol–water partition coefficient (Wildman–Crippen LogP) is 13.1. The van der Waals surface area contributed by atoms with Crippen molar-refractivity contribution in [2.75, 3.05) is 0 Å². The summed E-state index contributed by atoms with van der Waals surface area (Å²) in [5.41, 5.74) is 12.8. The van der Waals surface area contributed by atoms with E-state index in [-0.39, 0.29) is 0 Å². The van der Waals surface area contributed by atoms with E-state index in [0.29, 0.717) is 0 Å². The number of hydrogen-bond acceptors (Lipinski definition) is 4. The molecule has 0 unspecified atom stereocenters. The van der Waals surface area contributed by atoms with Crippen LogP contribution in [0.2, 0.25) is 0 Å². The van der Waals surface area contributed by atoms with E-state index in [9.17, 15) is 0 Å². The zero-order chi connectivity index (χ0) is 37.0. The molecular formula is C52H32N4. The lowest BCUT2D eigenvalue weighted by molar-refractivity contribution is 1.27. The summed E-state index contributed by atoms with van der Waals surface area (Å²) in [6, 6.07) is 68.0. The number of fused-ring (bicyclic) bond motifs is 6. The Morgan fingerprint density at radius 2 is 0.643 bits per heavy atom. The van der Waals surface area contributed by atoms with Crippen molar-refractivity contribution in [2.45, 2.75) is 0 Å². The van der Waals surface area contributed by atoms with Crippen LogP contribution in [0.5, 0.6) is 0 Å². The predicted molar refractivity (Wildman–Crippen MR) is 233 cm³/mol. The standard InChI is InChI=1S/C52H32N4/c1-5-17-41-33(11-1)15-9-19-43(41)35-23-27-37(28-24-35)49-51-47(31-39-13-3-7-21-45(39)53-51)56-50(52-48(55-49)32-40-14-4-8-22-46(40)54-52)38-29-25-36(26-30-38)44-20-10-16-34-12-2-6-18-42(34)44/h1-32H. The Hall–Kier alpha value is -7.56. The Morgan fingerprint density at radius 3 is 1.09 bits per heavy atom. The maximum atomic E-state index is 5.51. The molecule has 260 valence electrons. The van der Waals surface area contributed by atoms with Crippen LogP contribution in [0.25, 0.3) is 65.6 Å². The topological polar surface area (TPSA) is 50.5 Å². The fourth-order valence-electron chi connectivity index (χ4n) is 8.05. The maximum absolute atomic E-state index is 5.51. The van der Waals surface area contributed by atoms with Gasteiger partial charge in [-0.25, -0.2) is 20.0 Å². The van der Waals surface area contributed by atoms with E-state index >= 15 is 0 Å². The third-order valence-electron chi connectivity index (χ3n) is 10.8. The number of aliphatic imine (C=N–C) groups is 2. The fourth-order valence-corrected chi connectivity index (χ4v) is 8.05. The van der Waals surface area contributed by atoms with Gasteiger partial charge in [0.05, 0.1) is 33.8 Å². The number of pyridine rings is 2.